The Labute approximate surface area is 123 Å². The second kappa shape index (κ2) is 7.21. The third-order valence-corrected chi connectivity index (χ3v) is 4.56. The molecule has 2 rings (SSSR count). The molecule has 0 spiro atoms. The lowest BCUT2D eigenvalue weighted by molar-refractivity contribution is 0.0271. The Kier molecular flexibility index (Phi) is 5.58. The number of piperazine rings is 1. The summed E-state index contributed by atoms with van der Waals surface area (Å²) in [6, 6.07) is 9.36. The second-order valence-electron chi connectivity index (χ2n) is 5.77. The standard InChI is InChI=1S/C17H28N2O/c1-4-15-6-8-16(9-7-15)17(13-20)19-11-10-18(5-2)12-14(19)3/h6-9,14,17,20H,4-5,10-13H2,1-3H3. The molecule has 20 heavy (non-hydrogen) atoms. The van der Waals surface area contributed by atoms with Crippen LogP contribution in [0.3, 0.4) is 0 Å². The van der Waals surface area contributed by atoms with Gasteiger partial charge in [0.1, 0.15) is 0 Å². The zero-order valence-corrected chi connectivity index (χ0v) is 13.0. The molecule has 0 aromatic heterocycles. The summed E-state index contributed by atoms with van der Waals surface area (Å²) in [7, 11) is 0. The van der Waals surface area contributed by atoms with Gasteiger partial charge in [-0.05, 0) is 31.0 Å². The maximum absolute atomic E-state index is 9.84. The van der Waals surface area contributed by atoms with Gasteiger partial charge < -0.3 is 10.0 Å². The molecule has 1 N–H and O–H groups in total. The molecular formula is C17H28N2O. The zero-order chi connectivity index (χ0) is 14.5. The first-order chi connectivity index (χ1) is 9.69. The largest absolute Gasteiger partial charge is 0.394 e. The highest BCUT2D eigenvalue weighted by molar-refractivity contribution is 5.25. The van der Waals surface area contributed by atoms with Gasteiger partial charge in [-0.3, -0.25) is 4.90 Å². The summed E-state index contributed by atoms with van der Waals surface area (Å²) < 4.78 is 0. The van der Waals surface area contributed by atoms with Crippen LogP contribution in [-0.2, 0) is 6.42 Å². The van der Waals surface area contributed by atoms with Gasteiger partial charge in [-0.15, -0.1) is 0 Å². The van der Waals surface area contributed by atoms with Gasteiger partial charge in [-0.1, -0.05) is 38.1 Å². The SMILES string of the molecule is CCc1ccc(C(CO)N2CCN(CC)CC2C)cc1. The number of nitrogens with zero attached hydrogens (tertiary/aromatic N) is 2. The highest BCUT2D eigenvalue weighted by Crippen LogP contribution is 2.25. The molecule has 112 valence electrons. The summed E-state index contributed by atoms with van der Waals surface area (Å²) in [5.74, 6) is 0. The van der Waals surface area contributed by atoms with Crippen molar-refractivity contribution < 1.29 is 5.11 Å². The van der Waals surface area contributed by atoms with E-state index in [0.29, 0.717) is 6.04 Å². The van der Waals surface area contributed by atoms with Gasteiger partial charge in [0.15, 0.2) is 0 Å². The normalized spacial score (nSPS) is 22.9. The van der Waals surface area contributed by atoms with Crippen LogP contribution in [0.2, 0.25) is 0 Å². The average Bonchev–Trinajstić information content (AvgIpc) is 2.50. The Hall–Kier alpha value is -0.900. The van der Waals surface area contributed by atoms with Gasteiger partial charge in [0.2, 0.25) is 0 Å². The van der Waals surface area contributed by atoms with E-state index in [-0.39, 0.29) is 12.6 Å². The molecule has 3 nitrogen and oxygen atoms in total. The van der Waals surface area contributed by atoms with Crippen molar-refractivity contribution in [3.63, 3.8) is 0 Å². The fraction of sp³-hybridized carbons (Fsp3) is 0.647. The van der Waals surface area contributed by atoms with Crippen LogP contribution < -0.4 is 0 Å². The molecule has 1 aromatic carbocycles. The van der Waals surface area contributed by atoms with Crippen molar-refractivity contribution in [2.24, 2.45) is 0 Å². The van der Waals surface area contributed by atoms with Crippen molar-refractivity contribution in [2.45, 2.75) is 39.3 Å². The van der Waals surface area contributed by atoms with Crippen molar-refractivity contribution in [3.8, 4) is 0 Å². The van der Waals surface area contributed by atoms with Gasteiger partial charge in [0.05, 0.1) is 12.6 Å². The summed E-state index contributed by atoms with van der Waals surface area (Å²) >= 11 is 0. The summed E-state index contributed by atoms with van der Waals surface area (Å²) in [5.41, 5.74) is 2.59. The minimum atomic E-state index is 0.134. The lowest BCUT2D eigenvalue weighted by Crippen LogP contribution is -2.53. The van der Waals surface area contributed by atoms with Crippen molar-refractivity contribution >= 4 is 0 Å². The van der Waals surface area contributed by atoms with Crippen molar-refractivity contribution in [2.75, 3.05) is 32.8 Å². The molecule has 0 bridgehead atoms. The van der Waals surface area contributed by atoms with E-state index in [2.05, 4.69) is 54.8 Å². The van der Waals surface area contributed by atoms with E-state index in [1.54, 1.807) is 0 Å². The van der Waals surface area contributed by atoms with Crippen LogP contribution in [0.5, 0.6) is 0 Å². The first kappa shape index (κ1) is 15.5. The van der Waals surface area contributed by atoms with E-state index < -0.39 is 0 Å². The quantitative estimate of drug-likeness (QED) is 0.894. The minimum absolute atomic E-state index is 0.134. The smallest absolute Gasteiger partial charge is 0.0628 e. The van der Waals surface area contributed by atoms with Gasteiger partial charge in [-0.25, -0.2) is 0 Å². The fourth-order valence-electron chi connectivity index (χ4n) is 3.17. The Morgan fingerprint density at radius 2 is 1.90 bits per heavy atom. The summed E-state index contributed by atoms with van der Waals surface area (Å²) in [5, 5.41) is 9.84. The molecule has 1 saturated heterocycles. The molecule has 0 aliphatic carbocycles. The van der Waals surface area contributed by atoms with Gasteiger partial charge in [0, 0.05) is 25.7 Å². The Morgan fingerprint density at radius 3 is 2.40 bits per heavy atom. The fourth-order valence-corrected chi connectivity index (χ4v) is 3.17. The number of likely N-dealkylation sites (N-methyl/N-ethyl adjacent to an activating group) is 1. The molecule has 1 heterocycles. The van der Waals surface area contributed by atoms with E-state index in [0.717, 1.165) is 32.6 Å². The number of hydrogen-bond acceptors (Lipinski definition) is 3. The number of hydrogen-bond donors (Lipinski definition) is 1. The maximum Gasteiger partial charge on any atom is 0.0628 e. The van der Waals surface area contributed by atoms with Crippen LogP contribution in [0.15, 0.2) is 24.3 Å². The third-order valence-electron chi connectivity index (χ3n) is 4.56. The first-order valence-corrected chi connectivity index (χ1v) is 7.87. The maximum atomic E-state index is 9.84. The van der Waals surface area contributed by atoms with Crippen LogP contribution >= 0.6 is 0 Å². The molecule has 1 aliphatic rings. The number of aryl methyl sites for hydroxylation is 1. The Bertz CT molecular complexity index is 404. The van der Waals surface area contributed by atoms with Crippen molar-refractivity contribution in [1.82, 2.24) is 9.80 Å². The number of rotatable bonds is 5. The summed E-state index contributed by atoms with van der Waals surface area (Å²) in [6.07, 6.45) is 1.07. The Morgan fingerprint density at radius 1 is 1.20 bits per heavy atom. The van der Waals surface area contributed by atoms with Gasteiger partial charge >= 0.3 is 0 Å². The molecule has 2 atom stereocenters. The van der Waals surface area contributed by atoms with Crippen molar-refractivity contribution in [3.05, 3.63) is 35.4 Å². The molecule has 1 fully saturated rings. The number of aliphatic hydroxyl groups is 1. The minimum Gasteiger partial charge on any atom is -0.394 e. The van der Waals surface area contributed by atoms with E-state index >= 15 is 0 Å². The topological polar surface area (TPSA) is 26.7 Å². The highest BCUT2D eigenvalue weighted by atomic mass is 16.3. The van der Waals surface area contributed by atoms with E-state index in [1.807, 2.05) is 0 Å². The number of aliphatic hydroxyl groups excluding tert-OH is 1. The number of benzene rings is 1. The van der Waals surface area contributed by atoms with E-state index in [4.69, 9.17) is 0 Å². The molecule has 0 saturated carbocycles. The van der Waals surface area contributed by atoms with Crippen LogP contribution in [0.1, 0.15) is 37.9 Å². The highest BCUT2D eigenvalue weighted by Gasteiger charge is 2.29. The molecule has 3 heteroatoms. The molecular weight excluding hydrogens is 248 g/mol. The van der Waals surface area contributed by atoms with Crippen LogP contribution in [-0.4, -0.2) is 53.7 Å². The van der Waals surface area contributed by atoms with Crippen LogP contribution in [0.4, 0.5) is 0 Å². The van der Waals surface area contributed by atoms with Crippen LogP contribution in [0, 0.1) is 0 Å². The van der Waals surface area contributed by atoms with Crippen molar-refractivity contribution in [1.29, 1.82) is 0 Å². The molecule has 1 aliphatic heterocycles. The van der Waals surface area contributed by atoms with Gasteiger partial charge in [0.25, 0.3) is 0 Å². The Balaban J connectivity index is 2.10. The monoisotopic (exact) mass is 276 g/mol. The third kappa shape index (κ3) is 3.40. The van der Waals surface area contributed by atoms with E-state index in [9.17, 15) is 5.11 Å². The molecule has 1 aromatic rings. The van der Waals surface area contributed by atoms with E-state index in [1.165, 1.54) is 11.1 Å². The second-order valence-corrected chi connectivity index (χ2v) is 5.77. The predicted octanol–water partition coefficient (Wildman–Crippen LogP) is 2.31. The average molecular weight is 276 g/mol. The molecule has 0 radical (unpaired) electrons. The molecule has 0 amide bonds. The predicted molar refractivity (Wildman–Crippen MR) is 83.9 cm³/mol. The zero-order valence-electron chi connectivity index (χ0n) is 13.0. The lowest BCUT2D eigenvalue weighted by Gasteiger charge is -2.43. The first-order valence-electron chi connectivity index (χ1n) is 7.87. The van der Waals surface area contributed by atoms with Gasteiger partial charge in [-0.2, -0.15) is 0 Å². The molecule has 2 unspecified atom stereocenters. The summed E-state index contributed by atoms with van der Waals surface area (Å²) in [4.78, 5) is 4.93. The lowest BCUT2D eigenvalue weighted by atomic mass is 10.0. The van der Waals surface area contributed by atoms with Crippen LogP contribution in [0.25, 0.3) is 0 Å². The summed E-state index contributed by atoms with van der Waals surface area (Å²) in [6.45, 7) is 11.2.